The highest BCUT2D eigenvalue weighted by Gasteiger charge is 2.22. The van der Waals surface area contributed by atoms with E-state index in [1.165, 1.54) is 36.8 Å². The number of carbonyl (C=O) groups is 1. The molecule has 0 spiro atoms. The normalized spacial score (nSPS) is 16.5. The number of amides is 1. The lowest BCUT2D eigenvalue weighted by atomic mass is 10.0. The zero-order valence-corrected chi connectivity index (χ0v) is 17.8. The largest absolute Gasteiger partial charge is 0.484 e. The summed E-state index contributed by atoms with van der Waals surface area (Å²) in [6.45, 7) is 7.22. The molecule has 1 aliphatic rings. The molecule has 1 N–H and O–H groups in total. The molecule has 0 saturated carbocycles. The van der Waals surface area contributed by atoms with Crippen LogP contribution in [0.2, 0.25) is 0 Å². The number of ether oxygens (including phenoxy) is 1. The minimum absolute atomic E-state index is 0.0530. The van der Waals surface area contributed by atoms with E-state index in [9.17, 15) is 4.79 Å². The number of benzene rings is 1. The lowest BCUT2D eigenvalue weighted by Gasteiger charge is -2.30. The average Bonchev–Trinajstić information content (AvgIpc) is 3.09. The number of nitrogens with zero attached hydrogens (tertiary/aromatic N) is 1. The van der Waals surface area contributed by atoms with Crippen LogP contribution in [-0.4, -0.2) is 37.0 Å². The monoisotopic (exact) mass is 400 g/mol. The molecule has 2 heterocycles. The number of hydrogen-bond donors (Lipinski definition) is 1. The van der Waals surface area contributed by atoms with Gasteiger partial charge in [-0.2, -0.15) is 11.3 Å². The first-order valence-corrected chi connectivity index (χ1v) is 11.3. The predicted molar refractivity (Wildman–Crippen MR) is 116 cm³/mol. The lowest BCUT2D eigenvalue weighted by molar-refractivity contribution is -0.123. The summed E-state index contributed by atoms with van der Waals surface area (Å²) in [5, 5.41) is 7.41. The van der Waals surface area contributed by atoms with Gasteiger partial charge in [0.05, 0.1) is 6.04 Å². The molecule has 1 aromatic heterocycles. The van der Waals surface area contributed by atoms with E-state index in [-0.39, 0.29) is 18.6 Å². The van der Waals surface area contributed by atoms with Crippen LogP contribution in [0.1, 0.15) is 62.6 Å². The van der Waals surface area contributed by atoms with Crippen molar-refractivity contribution in [1.82, 2.24) is 10.2 Å². The standard InChI is InChI=1S/C23H32N2O2S/c1-18(2)19-7-9-21(10-8-19)27-16-23(26)24-15-22(20-11-14-28-17-20)25-12-5-3-4-6-13-25/h7-11,14,17-18,22H,3-6,12-13,15-16H2,1-2H3,(H,24,26). The Labute approximate surface area is 172 Å². The van der Waals surface area contributed by atoms with E-state index < -0.39 is 0 Å². The summed E-state index contributed by atoms with van der Waals surface area (Å²) in [4.78, 5) is 14.9. The van der Waals surface area contributed by atoms with Crippen molar-refractivity contribution in [2.75, 3.05) is 26.2 Å². The minimum atomic E-state index is -0.0667. The second-order valence-corrected chi connectivity index (χ2v) is 8.62. The molecule has 4 nitrogen and oxygen atoms in total. The third kappa shape index (κ3) is 6.08. The van der Waals surface area contributed by atoms with Crippen LogP contribution in [0.5, 0.6) is 5.75 Å². The Hall–Kier alpha value is -1.85. The summed E-state index contributed by atoms with van der Waals surface area (Å²) < 4.78 is 5.67. The fourth-order valence-corrected chi connectivity index (χ4v) is 4.40. The first kappa shape index (κ1) is 20.9. The Morgan fingerprint density at radius 3 is 2.39 bits per heavy atom. The van der Waals surface area contributed by atoms with Gasteiger partial charge < -0.3 is 10.1 Å². The number of thiophene rings is 1. The van der Waals surface area contributed by atoms with Crippen molar-refractivity contribution < 1.29 is 9.53 Å². The summed E-state index contributed by atoms with van der Waals surface area (Å²) in [5.41, 5.74) is 2.57. The van der Waals surface area contributed by atoms with Gasteiger partial charge in [0.1, 0.15) is 5.75 Å². The van der Waals surface area contributed by atoms with Gasteiger partial charge in [0.25, 0.3) is 5.91 Å². The minimum Gasteiger partial charge on any atom is -0.484 e. The molecule has 0 bridgehead atoms. The van der Waals surface area contributed by atoms with E-state index in [0.717, 1.165) is 18.8 Å². The summed E-state index contributed by atoms with van der Waals surface area (Å²) in [7, 11) is 0. The van der Waals surface area contributed by atoms with Crippen molar-refractivity contribution >= 4 is 17.2 Å². The molecule has 152 valence electrons. The van der Waals surface area contributed by atoms with E-state index in [0.29, 0.717) is 12.5 Å². The van der Waals surface area contributed by atoms with Crippen molar-refractivity contribution in [1.29, 1.82) is 0 Å². The molecule has 1 fully saturated rings. The second-order valence-electron chi connectivity index (χ2n) is 7.84. The van der Waals surface area contributed by atoms with Gasteiger partial charge in [-0.3, -0.25) is 9.69 Å². The summed E-state index contributed by atoms with van der Waals surface area (Å²) in [6.07, 6.45) is 5.10. The molecule has 1 amide bonds. The topological polar surface area (TPSA) is 41.6 Å². The smallest absolute Gasteiger partial charge is 0.258 e. The van der Waals surface area contributed by atoms with Gasteiger partial charge in [-0.15, -0.1) is 0 Å². The van der Waals surface area contributed by atoms with Gasteiger partial charge in [0.15, 0.2) is 6.61 Å². The van der Waals surface area contributed by atoms with Crippen LogP contribution < -0.4 is 10.1 Å². The second kappa shape index (κ2) is 10.6. The number of rotatable bonds is 8. The van der Waals surface area contributed by atoms with Gasteiger partial charge >= 0.3 is 0 Å². The van der Waals surface area contributed by atoms with Crippen LogP contribution in [0, 0.1) is 0 Å². The SMILES string of the molecule is CC(C)c1ccc(OCC(=O)NCC(c2ccsc2)N2CCCCCC2)cc1. The number of hydrogen-bond acceptors (Lipinski definition) is 4. The Bertz CT molecular complexity index is 705. The molecular weight excluding hydrogens is 368 g/mol. The molecule has 1 aromatic carbocycles. The average molecular weight is 401 g/mol. The molecule has 28 heavy (non-hydrogen) atoms. The quantitative estimate of drug-likeness (QED) is 0.679. The van der Waals surface area contributed by atoms with Gasteiger partial charge in [-0.05, 0) is 71.9 Å². The van der Waals surface area contributed by atoms with E-state index in [4.69, 9.17) is 4.74 Å². The fraction of sp³-hybridized carbons (Fsp3) is 0.522. The molecular formula is C23H32N2O2S. The molecule has 0 radical (unpaired) electrons. The zero-order chi connectivity index (χ0) is 19.8. The third-order valence-electron chi connectivity index (χ3n) is 5.42. The van der Waals surface area contributed by atoms with E-state index in [1.807, 2.05) is 12.1 Å². The fourth-order valence-electron chi connectivity index (χ4n) is 3.69. The molecule has 1 unspecified atom stereocenters. The van der Waals surface area contributed by atoms with Gasteiger partial charge in [0, 0.05) is 6.54 Å². The predicted octanol–water partition coefficient (Wildman–Crippen LogP) is 4.98. The Morgan fingerprint density at radius 2 is 1.79 bits per heavy atom. The Kier molecular flexibility index (Phi) is 7.92. The first-order valence-electron chi connectivity index (χ1n) is 10.4. The van der Waals surface area contributed by atoms with Crippen LogP contribution >= 0.6 is 11.3 Å². The van der Waals surface area contributed by atoms with Crippen LogP contribution in [0.15, 0.2) is 41.1 Å². The van der Waals surface area contributed by atoms with E-state index >= 15 is 0 Å². The molecule has 2 aromatic rings. The van der Waals surface area contributed by atoms with Crippen molar-refractivity contribution in [2.45, 2.75) is 51.5 Å². The molecule has 1 saturated heterocycles. The van der Waals surface area contributed by atoms with Crippen molar-refractivity contribution in [3.8, 4) is 5.75 Å². The van der Waals surface area contributed by atoms with Crippen LogP contribution in [0.4, 0.5) is 0 Å². The molecule has 1 atom stereocenters. The summed E-state index contributed by atoms with van der Waals surface area (Å²) >= 11 is 1.72. The third-order valence-corrected chi connectivity index (χ3v) is 6.12. The molecule has 3 rings (SSSR count). The highest BCUT2D eigenvalue weighted by molar-refractivity contribution is 7.07. The maximum atomic E-state index is 12.4. The van der Waals surface area contributed by atoms with E-state index in [2.05, 4.69) is 53.0 Å². The van der Waals surface area contributed by atoms with Crippen molar-refractivity contribution in [3.63, 3.8) is 0 Å². The molecule has 5 heteroatoms. The zero-order valence-electron chi connectivity index (χ0n) is 17.0. The van der Waals surface area contributed by atoms with Gasteiger partial charge in [-0.1, -0.05) is 38.8 Å². The summed E-state index contributed by atoms with van der Waals surface area (Å²) in [5.74, 6) is 1.16. The van der Waals surface area contributed by atoms with Gasteiger partial charge in [-0.25, -0.2) is 0 Å². The molecule has 0 aliphatic carbocycles. The van der Waals surface area contributed by atoms with Crippen LogP contribution in [-0.2, 0) is 4.79 Å². The van der Waals surface area contributed by atoms with Crippen molar-refractivity contribution in [2.24, 2.45) is 0 Å². The first-order chi connectivity index (χ1) is 13.6. The molecule has 1 aliphatic heterocycles. The highest BCUT2D eigenvalue weighted by atomic mass is 32.1. The highest BCUT2D eigenvalue weighted by Crippen LogP contribution is 2.25. The van der Waals surface area contributed by atoms with E-state index in [1.54, 1.807) is 11.3 Å². The summed E-state index contributed by atoms with van der Waals surface area (Å²) in [6, 6.07) is 10.4. The van der Waals surface area contributed by atoms with Gasteiger partial charge in [0.2, 0.25) is 0 Å². The Balaban J connectivity index is 1.51. The number of nitrogens with one attached hydrogen (secondary N) is 1. The maximum absolute atomic E-state index is 12.4. The van der Waals surface area contributed by atoms with Crippen LogP contribution in [0.25, 0.3) is 0 Å². The lowest BCUT2D eigenvalue weighted by Crippen LogP contribution is -2.40. The number of likely N-dealkylation sites (tertiary alicyclic amines) is 1. The maximum Gasteiger partial charge on any atom is 0.258 e. The Morgan fingerprint density at radius 1 is 1.07 bits per heavy atom. The number of carbonyl (C=O) groups excluding carboxylic acids is 1. The van der Waals surface area contributed by atoms with Crippen molar-refractivity contribution in [3.05, 3.63) is 52.2 Å². The van der Waals surface area contributed by atoms with Crippen LogP contribution in [0.3, 0.4) is 0 Å².